The fourth-order valence-electron chi connectivity index (χ4n) is 2.56. The van der Waals surface area contributed by atoms with Gasteiger partial charge in [0.2, 0.25) is 5.75 Å². The highest BCUT2D eigenvalue weighted by Gasteiger charge is 2.16. The van der Waals surface area contributed by atoms with Crippen molar-refractivity contribution in [2.45, 2.75) is 13.8 Å². The number of aromatic nitrogens is 2. The molecule has 120 valence electrons. The molecule has 3 rings (SSSR count). The minimum Gasteiger partial charge on any atom is -0.493 e. The highest BCUT2D eigenvalue weighted by molar-refractivity contribution is 5.81. The van der Waals surface area contributed by atoms with Crippen LogP contribution in [0.25, 0.3) is 22.4 Å². The third-order valence-corrected chi connectivity index (χ3v) is 3.66. The molecular weight excluding hydrogens is 292 g/mol. The van der Waals surface area contributed by atoms with Gasteiger partial charge in [-0.2, -0.15) is 0 Å². The van der Waals surface area contributed by atoms with E-state index in [1.54, 1.807) is 14.2 Å². The molecule has 0 aliphatic carbocycles. The van der Waals surface area contributed by atoms with Gasteiger partial charge in [0.25, 0.3) is 0 Å². The molecule has 3 aromatic rings. The van der Waals surface area contributed by atoms with Gasteiger partial charge in [-0.05, 0) is 43.7 Å². The minimum atomic E-state index is 0.538. The lowest BCUT2D eigenvalue weighted by molar-refractivity contribution is 0.288. The van der Waals surface area contributed by atoms with Crippen molar-refractivity contribution in [2.75, 3.05) is 20.8 Å². The molecule has 0 atom stereocenters. The number of rotatable bonds is 5. The Labute approximate surface area is 135 Å². The zero-order valence-corrected chi connectivity index (χ0v) is 13.8. The van der Waals surface area contributed by atoms with Crippen molar-refractivity contribution < 1.29 is 14.2 Å². The van der Waals surface area contributed by atoms with Crippen LogP contribution in [0.4, 0.5) is 0 Å². The van der Waals surface area contributed by atoms with Crippen LogP contribution in [0.2, 0.25) is 0 Å². The number of aryl methyl sites for hydroxylation is 1. The Kier molecular flexibility index (Phi) is 4.10. The van der Waals surface area contributed by atoms with Gasteiger partial charge in [0.1, 0.15) is 5.82 Å². The lowest BCUT2D eigenvalue weighted by Crippen LogP contribution is -1.99. The van der Waals surface area contributed by atoms with E-state index in [0.29, 0.717) is 23.9 Å². The summed E-state index contributed by atoms with van der Waals surface area (Å²) >= 11 is 0. The summed E-state index contributed by atoms with van der Waals surface area (Å²) in [6, 6.07) is 9.94. The number of methoxy groups -OCH3 is 2. The molecule has 0 unspecified atom stereocenters. The van der Waals surface area contributed by atoms with Crippen LogP contribution in [0.3, 0.4) is 0 Å². The summed E-state index contributed by atoms with van der Waals surface area (Å²) in [6.45, 7) is 4.52. The Balaban J connectivity index is 2.13. The average Bonchev–Trinajstić information content (AvgIpc) is 2.98. The van der Waals surface area contributed by atoms with Crippen LogP contribution in [-0.2, 0) is 0 Å². The van der Waals surface area contributed by atoms with Crippen molar-refractivity contribution in [3.05, 3.63) is 35.9 Å². The van der Waals surface area contributed by atoms with E-state index in [4.69, 9.17) is 14.2 Å². The van der Waals surface area contributed by atoms with E-state index in [9.17, 15) is 0 Å². The highest BCUT2D eigenvalue weighted by atomic mass is 16.5. The van der Waals surface area contributed by atoms with Crippen molar-refractivity contribution in [3.63, 3.8) is 0 Å². The number of fused-ring (bicyclic) bond motifs is 1. The minimum absolute atomic E-state index is 0.538. The van der Waals surface area contributed by atoms with Crippen LogP contribution in [0.15, 0.2) is 30.3 Å². The maximum atomic E-state index is 5.63. The predicted octanol–water partition coefficient (Wildman–Crippen LogP) is 3.95. The molecular formula is C18H20N2O3. The lowest BCUT2D eigenvalue weighted by atomic mass is 10.1. The van der Waals surface area contributed by atoms with Crippen molar-refractivity contribution in [1.29, 1.82) is 0 Å². The third kappa shape index (κ3) is 2.82. The Morgan fingerprint density at radius 2 is 1.74 bits per heavy atom. The number of ether oxygens (including phenoxy) is 3. The Bertz CT molecular complexity index is 814. The first-order valence-electron chi connectivity index (χ1n) is 7.51. The summed E-state index contributed by atoms with van der Waals surface area (Å²) in [5, 5.41) is 0. The maximum Gasteiger partial charge on any atom is 0.203 e. The second-order valence-electron chi connectivity index (χ2n) is 5.25. The van der Waals surface area contributed by atoms with E-state index in [2.05, 4.69) is 23.0 Å². The van der Waals surface area contributed by atoms with Gasteiger partial charge in [0, 0.05) is 5.56 Å². The Hall–Kier alpha value is -2.69. The van der Waals surface area contributed by atoms with Crippen LogP contribution in [0.5, 0.6) is 17.2 Å². The average molecular weight is 312 g/mol. The summed E-state index contributed by atoms with van der Waals surface area (Å²) in [7, 11) is 3.23. The molecule has 1 heterocycles. The molecule has 0 aliphatic rings. The zero-order valence-electron chi connectivity index (χ0n) is 13.8. The fourth-order valence-corrected chi connectivity index (χ4v) is 2.56. The summed E-state index contributed by atoms with van der Waals surface area (Å²) in [6.07, 6.45) is 0. The molecule has 0 saturated heterocycles. The monoisotopic (exact) mass is 312 g/mol. The molecule has 23 heavy (non-hydrogen) atoms. The smallest absolute Gasteiger partial charge is 0.203 e. The highest BCUT2D eigenvalue weighted by Crippen LogP contribution is 2.41. The number of H-pyrrole nitrogens is 1. The SMILES string of the molecule is CCOc1c(OC)cc(-c2nc3ccc(C)cc3[nH]2)cc1OC. The number of imidazole rings is 1. The van der Waals surface area contributed by atoms with E-state index in [0.717, 1.165) is 22.4 Å². The van der Waals surface area contributed by atoms with E-state index < -0.39 is 0 Å². The van der Waals surface area contributed by atoms with Crippen LogP contribution in [-0.4, -0.2) is 30.8 Å². The molecule has 0 radical (unpaired) electrons. The first-order chi connectivity index (χ1) is 11.2. The standard InChI is InChI=1S/C18H20N2O3/c1-5-23-17-15(21-3)9-12(10-16(17)22-4)18-19-13-7-6-11(2)8-14(13)20-18/h6-10H,5H2,1-4H3,(H,19,20). The van der Waals surface area contributed by atoms with Crippen molar-refractivity contribution in [2.24, 2.45) is 0 Å². The van der Waals surface area contributed by atoms with Crippen LogP contribution in [0, 0.1) is 6.92 Å². The molecule has 5 heteroatoms. The van der Waals surface area contributed by atoms with E-state index in [-0.39, 0.29) is 0 Å². The van der Waals surface area contributed by atoms with E-state index in [1.807, 2.05) is 31.2 Å². The molecule has 0 bridgehead atoms. The van der Waals surface area contributed by atoms with Gasteiger partial charge in [-0.1, -0.05) is 6.07 Å². The van der Waals surface area contributed by atoms with Gasteiger partial charge >= 0.3 is 0 Å². The number of benzene rings is 2. The third-order valence-electron chi connectivity index (χ3n) is 3.66. The molecule has 5 nitrogen and oxygen atoms in total. The first kappa shape index (κ1) is 15.2. The summed E-state index contributed by atoms with van der Waals surface area (Å²) < 4.78 is 16.5. The Morgan fingerprint density at radius 3 is 2.35 bits per heavy atom. The molecule has 0 aliphatic heterocycles. The van der Waals surface area contributed by atoms with E-state index >= 15 is 0 Å². The number of nitrogens with one attached hydrogen (secondary N) is 1. The van der Waals surface area contributed by atoms with Gasteiger partial charge in [0.15, 0.2) is 11.5 Å². The first-order valence-corrected chi connectivity index (χ1v) is 7.51. The molecule has 0 saturated carbocycles. The molecule has 1 aromatic heterocycles. The summed E-state index contributed by atoms with van der Waals surface area (Å²) in [5.74, 6) is 2.62. The second-order valence-corrected chi connectivity index (χ2v) is 5.25. The molecule has 0 fully saturated rings. The van der Waals surface area contributed by atoms with Gasteiger partial charge in [-0.25, -0.2) is 4.98 Å². The largest absolute Gasteiger partial charge is 0.493 e. The topological polar surface area (TPSA) is 56.4 Å². The second kappa shape index (κ2) is 6.20. The van der Waals surface area contributed by atoms with Gasteiger partial charge in [-0.3, -0.25) is 0 Å². The zero-order chi connectivity index (χ0) is 16.4. The lowest BCUT2D eigenvalue weighted by Gasteiger charge is -2.14. The summed E-state index contributed by atoms with van der Waals surface area (Å²) in [4.78, 5) is 7.99. The molecule has 1 N–H and O–H groups in total. The normalized spacial score (nSPS) is 10.8. The predicted molar refractivity (Wildman–Crippen MR) is 90.5 cm³/mol. The van der Waals surface area contributed by atoms with Crippen LogP contribution < -0.4 is 14.2 Å². The number of hydrogen-bond donors (Lipinski definition) is 1. The van der Waals surface area contributed by atoms with Crippen LogP contribution in [0.1, 0.15) is 12.5 Å². The number of hydrogen-bond acceptors (Lipinski definition) is 4. The Morgan fingerprint density at radius 1 is 1.04 bits per heavy atom. The van der Waals surface area contributed by atoms with Crippen molar-refractivity contribution in [1.82, 2.24) is 9.97 Å². The quantitative estimate of drug-likeness (QED) is 0.775. The summed E-state index contributed by atoms with van der Waals surface area (Å²) in [5.41, 5.74) is 4.01. The maximum absolute atomic E-state index is 5.63. The molecule has 0 amide bonds. The molecule has 0 spiro atoms. The van der Waals surface area contributed by atoms with E-state index in [1.165, 1.54) is 5.56 Å². The molecule has 2 aromatic carbocycles. The van der Waals surface area contributed by atoms with Crippen molar-refractivity contribution >= 4 is 11.0 Å². The van der Waals surface area contributed by atoms with Gasteiger partial charge in [0.05, 0.1) is 31.9 Å². The van der Waals surface area contributed by atoms with Gasteiger partial charge < -0.3 is 19.2 Å². The van der Waals surface area contributed by atoms with Crippen LogP contribution >= 0.6 is 0 Å². The van der Waals surface area contributed by atoms with Gasteiger partial charge in [-0.15, -0.1) is 0 Å². The fraction of sp³-hybridized carbons (Fsp3) is 0.278. The van der Waals surface area contributed by atoms with Crippen molar-refractivity contribution in [3.8, 4) is 28.6 Å². The number of nitrogens with zero attached hydrogens (tertiary/aromatic N) is 1. The number of aromatic amines is 1.